The largest absolute Gasteiger partial charge is 0.355 e. The van der Waals surface area contributed by atoms with Gasteiger partial charge in [-0.1, -0.05) is 23.8 Å². The standard InChI is InChI=1S/C24H36N4O2/c1-19-7-6-10-22(20(19)2)26-24(30)18-28-15-13-27(14-16-28)17-23(29)25-12-11-21-8-4-3-5-9-21/h6-8,10H,3-5,9,11-18H2,1-2H3,(H,25,29)(H,26,30). The van der Waals surface area contributed by atoms with Crippen molar-refractivity contribution in [3.63, 3.8) is 0 Å². The molecule has 6 nitrogen and oxygen atoms in total. The maximum Gasteiger partial charge on any atom is 0.238 e. The topological polar surface area (TPSA) is 64.7 Å². The van der Waals surface area contributed by atoms with Gasteiger partial charge in [-0.15, -0.1) is 0 Å². The number of amides is 2. The zero-order valence-electron chi connectivity index (χ0n) is 18.5. The first-order valence-electron chi connectivity index (χ1n) is 11.3. The minimum Gasteiger partial charge on any atom is -0.355 e. The fourth-order valence-corrected chi connectivity index (χ4v) is 4.14. The molecule has 2 N–H and O–H groups in total. The van der Waals surface area contributed by atoms with E-state index in [1.807, 2.05) is 32.0 Å². The Hall–Kier alpha value is -2.18. The smallest absolute Gasteiger partial charge is 0.238 e. The SMILES string of the molecule is Cc1cccc(NC(=O)CN2CCN(CC(=O)NCCC3=CCCCC3)CC2)c1C. The molecule has 0 saturated carbocycles. The van der Waals surface area contributed by atoms with E-state index in [4.69, 9.17) is 0 Å². The predicted molar refractivity (Wildman–Crippen MR) is 122 cm³/mol. The van der Waals surface area contributed by atoms with E-state index in [0.717, 1.165) is 50.4 Å². The van der Waals surface area contributed by atoms with Crippen molar-refractivity contribution in [2.24, 2.45) is 0 Å². The first-order chi connectivity index (χ1) is 14.5. The molecule has 0 unspecified atom stereocenters. The highest BCUT2D eigenvalue weighted by Gasteiger charge is 2.21. The lowest BCUT2D eigenvalue weighted by atomic mass is 9.97. The molecule has 1 fully saturated rings. The number of carbonyl (C=O) groups excluding carboxylic acids is 2. The highest BCUT2D eigenvalue weighted by atomic mass is 16.2. The highest BCUT2D eigenvalue weighted by molar-refractivity contribution is 5.93. The van der Waals surface area contributed by atoms with E-state index in [1.165, 1.54) is 36.8 Å². The molecule has 1 aliphatic heterocycles. The highest BCUT2D eigenvalue weighted by Crippen LogP contribution is 2.19. The number of piperazine rings is 1. The van der Waals surface area contributed by atoms with Crippen LogP contribution in [-0.4, -0.2) is 67.4 Å². The van der Waals surface area contributed by atoms with E-state index in [0.29, 0.717) is 13.1 Å². The fourth-order valence-electron chi connectivity index (χ4n) is 4.14. The summed E-state index contributed by atoms with van der Waals surface area (Å²) in [7, 11) is 0. The number of nitrogens with zero attached hydrogens (tertiary/aromatic N) is 2. The Labute approximate surface area is 180 Å². The van der Waals surface area contributed by atoms with Crippen LogP contribution < -0.4 is 10.6 Å². The zero-order valence-corrected chi connectivity index (χ0v) is 18.5. The van der Waals surface area contributed by atoms with E-state index < -0.39 is 0 Å². The third kappa shape index (κ3) is 6.96. The molecule has 1 aromatic carbocycles. The molecule has 30 heavy (non-hydrogen) atoms. The Balaban J connectivity index is 1.32. The van der Waals surface area contributed by atoms with E-state index in [1.54, 1.807) is 0 Å². The van der Waals surface area contributed by atoms with E-state index >= 15 is 0 Å². The Bertz CT molecular complexity index is 766. The number of hydrogen-bond donors (Lipinski definition) is 2. The minimum atomic E-state index is 0.0203. The number of nitrogens with one attached hydrogen (secondary N) is 2. The molecule has 164 valence electrons. The van der Waals surface area contributed by atoms with E-state index in [9.17, 15) is 9.59 Å². The molecule has 2 aliphatic rings. The second-order valence-corrected chi connectivity index (χ2v) is 8.56. The second-order valence-electron chi connectivity index (χ2n) is 8.56. The number of benzene rings is 1. The van der Waals surface area contributed by atoms with Gasteiger partial charge in [0.15, 0.2) is 0 Å². The van der Waals surface area contributed by atoms with Gasteiger partial charge in [0.25, 0.3) is 0 Å². The lowest BCUT2D eigenvalue weighted by molar-refractivity contribution is -0.123. The molecular formula is C24H36N4O2. The molecule has 0 bridgehead atoms. The summed E-state index contributed by atoms with van der Waals surface area (Å²) in [5.74, 6) is 0.124. The quantitative estimate of drug-likeness (QED) is 0.645. The van der Waals surface area contributed by atoms with Crippen LogP contribution in [0.2, 0.25) is 0 Å². The van der Waals surface area contributed by atoms with Crippen molar-refractivity contribution < 1.29 is 9.59 Å². The van der Waals surface area contributed by atoms with Gasteiger partial charge < -0.3 is 10.6 Å². The Morgan fingerprint density at radius 2 is 1.67 bits per heavy atom. The monoisotopic (exact) mass is 412 g/mol. The average Bonchev–Trinajstić information content (AvgIpc) is 2.74. The molecule has 0 atom stereocenters. The first-order valence-corrected chi connectivity index (χ1v) is 11.3. The van der Waals surface area contributed by atoms with Gasteiger partial charge in [0, 0.05) is 38.4 Å². The van der Waals surface area contributed by atoms with Gasteiger partial charge >= 0.3 is 0 Å². The van der Waals surface area contributed by atoms with Crippen molar-refractivity contribution in [3.05, 3.63) is 41.0 Å². The summed E-state index contributed by atoms with van der Waals surface area (Å²) < 4.78 is 0. The molecule has 2 amide bonds. The van der Waals surface area contributed by atoms with Crippen molar-refractivity contribution in [3.8, 4) is 0 Å². The summed E-state index contributed by atoms with van der Waals surface area (Å²) in [5, 5.41) is 6.09. The maximum atomic E-state index is 12.4. The van der Waals surface area contributed by atoms with Crippen molar-refractivity contribution in [1.82, 2.24) is 15.1 Å². The van der Waals surface area contributed by atoms with Crippen molar-refractivity contribution in [2.75, 3.05) is 51.1 Å². The van der Waals surface area contributed by atoms with E-state index in [2.05, 4.69) is 26.5 Å². The van der Waals surface area contributed by atoms with Crippen LogP contribution >= 0.6 is 0 Å². The molecule has 1 aromatic rings. The van der Waals surface area contributed by atoms with Crippen LogP contribution in [0.4, 0.5) is 5.69 Å². The number of rotatable bonds is 8. The summed E-state index contributed by atoms with van der Waals surface area (Å²) in [4.78, 5) is 29.0. The normalized spacial score (nSPS) is 18.0. The van der Waals surface area contributed by atoms with Crippen LogP contribution in [0.5, 0.6) is 0 Å². The molecule has 3 rings (SSSR count). The number of aryl methyl sites for hydroxylation is 1. The van der Waals surface area contributed by atoms with Crippen LogP contribution in [0.1, 0.15) is 43.2 Å². The van der Waals surface area contributed by atoms with Gasteiger partial charge in [0.2, 0.25) is 11.8 Å². The molecule has 0 radical (unpaired) electrons. The van der Waals surface area contributed by atoms with Crippen LogP contribution in [0.25, 0.3) is 0 Å². The fraction of sp³-hybridized carbons (Fsp3) is 0.583. The van der Waals surface area contributed by atoms with Gasteiger partial charge in [-0.3, -0.25) is 19.4 Å². The van der Waals surface area contributed by atoms with Crippen molar-refractivity contribution >= 4 is 17.5 Å². The minimum absolute atomic E-state index is 0.0203. The average molecular weight is 413 g/mol. The predicted octanol–water partition coefficient (Wildman–Crippen LogP) is 2.87. The third-order valence-electron chi connectivity index (χ3n) is 6.23. The number of anilines is 1. The summed E-state index contributed by atoms with van der Waals surface area (Å²) in [6, 6.07) is 5.96. The molecule has 6 heteroatoms. The summed E-state index contributed by atoms with van der Waals surface area (Å²) in [6.45, 7) is 8.90. The van der Waals surface area contributed by atoms with Crippen LogP contribution in [0.3, 0.4) is 0 Å². The molecular weight excluding hydrogens is 376 g/mol. The molecule has 1 aliphatic carbocycles. The van der Waals surface area contributed by atoms with Gasteiger partial charge in [0.1, 0.15) is 0 Å². The summed E-state index contributed by atoms with van der Waals surface area (Å²) in [5.41, 5.74) is 4.67. The van der Waals surface area contributed by atoms with Crippen LogP contribution in [0.15, 0.2) is 29.8 Å². The number of carbonyl (C=O) groups is 2. The Morgan fingerprint density at radius 3 is 2.33 bits per heavy atom. The van der Waals surface area contributed by atoms with Gasteiger partial charge in [0.05, 0.1) is 13.1 Å². The van der Waals surface area contributed by atoms with Crippen LogP contribution in [0, 0.1) is 13.8 Å². The first kappa shape index (κ1) is 22.5. The van der Waals surface area contributed by atoms with Crippen molar-refractivity contribution in [2.45, 2.75) is 46.0 Å². The number of allylic oxidation sites excluding steroid dienone is 1. The summed E-state index contributed by atoms with van der Waals surface area (Å²) in [6.07, 6.45) is 8.28. The second kappa shape index (κ2) is 11.3. The summed E-state index contributed by atoms with van der Waals surface area (Å²) >= 11 is 0. The molecule has 1 saturated heterocycles. The number of hydrogen-bond acceptors (Lipinski definition) is 4. The Morgan fingerprint density at radius 1 is 0.967 bits per heavy atom. The van der Waals surface area contributed by atoms with Gasteiger partial charge in [-0.05, 0) is 63.1 Å². The van der Waals surface area contributed by atoms with Crippen molar-refractivity contribution in [1.29, 1.82) is 0 Å². The van der Waals surface area contributed by atoms with Crippen LogP contribution in [-0.2, 0) is 9.59 Å². The van der Waals surface area contributed by atoms with E-state index in [-0.39, 0.29) is 11.8 Å². The van der Waals surface area contributed by atoms with Gasteiger partial charge in [-0.25, -0.2) is 0 Å². The molecule has 0 aromatic heterocycles. The molecule has 1 heterocycles. The maximum absolute atomic E-state index is 12.4. The van der Waals surface area contributed by atoms with Gasteiger partial charge in [-0.2, -0.15) is 0 Å². The third-order valence-corrected chi connectivity index (χ3v) is 6.23. The Kier molecular flexibility index (Phi) is 8.46. The lowest BCUT2D eigenvalue weighted by Gasteiger charge is -2.33. The lowest BCUT2D eigenvalue weighted by Crippen LogP contribution is -2.51. The molecule has 0 spiro atoms. The zero-order chi connectivity index (χ0) is 21.3.